The van der Waals surface area contributed by atoms with Crippen LogP contribution in [0.5, 0.6) is 5.75 Å². The third kappa shape index (κ3) is 2.99. The van der Waals surface area contributed by atoms with Crippen molar-refractivity contribution >= 4 is 16.9 Å². The molecule has 4 rings (SSSR count). The van der Waals surface area contributed by atoms with Gasteiger partial charge in [-0.25, -0.2) is 0 Å². The molecule has 2 atom stereocenters. The number of fused-ring (bicyclic) bond motifs is 1. The molecule has 2 heterocycles. The van der Waals surface area contributed by atoms with Crippen molar-refractivity contribution in [2.45, 2.75) is 25.2 Å². The molecule has 1 saturated carbocycles. The molecular weight excluding hydrogens is 318 g/mol. The lowest BCUT2D eigenvalue weighted by Gasteiger charge is -2.31. The zero-order valence-electron chi connectivity index (χ0n) is 14.8. The van der Waals surface area contributed by atoms with Gasteiger partial charge in [-0.05, 0) is 44.3 Å². The first-order chi connectivity index (χ1) is 12.1. The standard InChI is InChI=1S/C19H25N3O3/c1-21-18-14(4-3-5-16(18)25-2)17(20-21)12-6-8-22(9-7-12)11-13-10-15(13)19(23)24/h3-5,12-13,15H,6-11H2,1-2H3,(H,23,24)/t13-,15+/m0/s1. The third-order valence-corrected chi connectivity index (χ3v) is 5.78. The van der Waals surface area contributed by atoms with Crippen LogP contribution in [0.3, 0.4) is 0 Å². The molecule has 25 heavy (non-hydrogen) atoms. The van der Waals surface area contributed by atoms with Crippen molar-refractivity contribution in [3.8, 4) is 5.75 Å². The summed E-state index contributed by atoms with van der Waals surface area (Å²) < 4.78 is 7.42. The fourth-order valence-electron chi connectivity index (χ4n) is 4.27. The first-order valence-electron chi connectivity index (χ1n) is 9.03. The van der Waals surface area contributed by atoms with Gasteiger partial charge in [-0.15, -0.1) is 0 Å². The molecule has 2 aliphatic rings. The molecule has 1 aromatic heterocycles. The topological polar surface area (TPSA) is 67.6 Å². The Balaban J connectivity index is 1.45. The number of para-hydroxylation sites is 1. The molecule has 134 valence electrons. The number of hydrogen-bond acceptors (Lipinski definition) is 4. The summed E-state index contributed by atoms with van der Waals surface area (Å²) in [7, 11) is 3.67. The van der Waals surface area contributed by atoms with Crippen molar-refractivity contribution < 1.29 is 14.6 Å². The number of methoxy groups -OCH3 is 1. The third-order valence-electron chi connectivity index (χ3n) is 5.78. The van der Waals surface area contributed by atoms with Crippen molar-refractivity contribution in [3.05, 3.63) is 23.9 Å². The molecule has 1 saturated heterocycles. The van der Waals surface area contributed by atoms with Gasteiger partial charge in [0, 0.05) is 24.9 Å². The van der Waals surface area contributed by atoms with Gasteiger partial charge in [-0.2, -0.15) is 5.10 Å². The van der Waals surface area contributed by atoms with Crippen molar-refractivity contribution in [2.75, 3.05) is 26.7 Å². The Bertz CT molecular complexity index is 793. The SMILES string of the molecule is COc1cccc2c(C3CCN(C[C@@H]4C[C@H]4C(=O)O)CC3)nn(C)c12. The maximum absolute atomic E-state index is 11.0. The van der Waals surface area contributed by atoms with Gasteiger partial charge in [-0.3, -0.25) is 9.48 Å². The lowest BCUT2D eigenvalue weighted by Crippen LogP contribution is -2.35. The Morgan fingerprint density at radius 2 is 2.12 bits per heavy atom. The van der Waals surface area contributed by atoms with Crippen LogP contribution in [0, 0.1) is 11.8 Å². The van der Waals surface area contributed by atoms with E-state index in [-0.39, 0.29) is 5.92 Å². The monoisotopic (exact) mass is 343 g/mol. The van der Waals surface area contributed by atoms with Gasteiger partial charge in [-0.1, -0.05) is 12.1 Å². The number of carboxylic acids is 1. The average molecular weight is 343 g/mol. The summed E-state index contributed by atoms with van der Waals surface area (Å²) >= 11 is 0. The molecule has 0 radical (unpaired) electrons. The Morgan fingerprint density at radius 3 is 2.76 bits per heavy atom. The first kappa shape index (κ1) is 16.4. The highest BCUT2D eigenvalue weighted by Gasteiger charge is 2.44. The second kappa shape index (κ2) is 6.33. The quantitative estimate of drug-likeness (QED) is 0.903. The van der Waals surface area contributed by atoms with E-state index in [1.807, 2.05) is 23.9 Å². The molecule has 0 unspecified atom stereocenters. The summed E-state index contributed by atoms with van der Waals surface area (Å²) in [6, 6.07) is 6.14. The highest BCUT2D eigenvalue weighted by atomic mass is 16.5. The number of likely N-dealkylation sites (tertiary alicyclic amines) is 1. The van der Waals surface area contributed by atoms with Gasteiger partial charge in [0.2, 0.25) is 0 Å². The van der Waals surface area contributed by atoms with E-state index in [0.29, 0.717) is 11.8 Å². The van der Waals surface area contributed by atoms with Gasteiger partial charge < -0.3 is 14.7 Å². The molecule has 0 spiro atoms. The smallest absolute Gasteiger partial charge is 0.306 e. The fraction of sp³-hybridized carbons (Fsp3) is 0.579. The Morgan fingerprint density at radius 1 is 1.36 bits per heavy atom. The van der Waals surface area contributed by atoms with Gasteiger partial charge in [0.15, 0.2) is 0 Å². The molecule has 6 heteroatoms. The highest BCUT2D eigenvalue weighted by Crippen LogP contribution is 2.41. The van der Waals surface area contributed by atoms with Crippen LogP contribution in [0.15, 0.2) is 18.2 Å². The van der Waals surface area contributed by atoms with E-state index in [0.717, 1.165) is 50.2 Å². The van der Waals surface area contributed by atoms with Gasteiger partial charge in [0.1, 0.15) is 11.3 Å². The number of nitrogens with zero attached hydrogens (tertiary/aromatic N) is 3. The summed E-state index contributed by atoms with van der Waals surface area (Å²) in [4.78, 5) is 13.4. The van der Waals surface area contributed by atoms with Crippen LogP contribution in [0.25, 0.3) is 10.9 Å². The van der Waals surface area contributed by atoms with Gasteiger partial charge >= 0.3 is 5.97 Å². The van der Waals surface area contributed by atoms with Gasteiger partial charge in [0.25, 0.3) is 0 Å². The molecule has 2 fully saturated rings. The van der Waals surface area contributed by atoms with Crippen LogP contribution in [0.1, 0.15) is 30.9 Å². The second-order valence-electron chi connectivity index (χ2n) is 7.38. The number of aliphatic carboxylic acids is 1. The minimum Gasteiger partial charge on any atom is -0.494 e. The molecule has 6 nitrogen and oxygen atoms in total. The normalized spacial score (nSPS) is 24.6. The molecule has 1 aliphatic heterocycles. The summed E-state index contributed by atoms with van der Waals surface area (Å²) in [5.74, 6) is 0.943. The van der Waals surface area contributed by atoms with E-state index in [1.165, 1.54) is 11.1 Å². The summed E-state index contributed by atoms with van der Waals surface area (Å²) in [5, 5.41) is 15.0. The minimum atomic E-state index is -0.631. The van der Waals surface area contributed by atoms with Crippen LogP contribution < -0.4 is 4.74 Å². The van der Waals surface area contributed by atoms with Crippen LogP contribution >= 0.6 is 0 Å². The molecular formula is C19H25N3O3. The predicted molar refractivity (Wildman–Crippen MR) is 94.9 cm³/mol. The van der Waals surface area contributed by atoms with E-state index in [4.69, 9.17) is 14.9 Å². The van der Waals surface area contributed by atoms with Crippen LogP contribution in [0.4, 0.5) is 0 Å². The zero-order valence-corrected chi connectivity index (χ0v) is 14.8. The summed E-state index contributed by atoms with van der Waals surface area (Å²) in [5.41, 5.74) is 2.23. The minimum absolute atomic E-state index is 0.107. The number of piperidine rings is 1. The van der Waals surface area contributed by atoms with Crippen molar-refractivity contribution in [2.24, 2.45) is 18.9 Å². The largest absolute Gasteiger partial charge is 0.494 e. The van der Waals surface area contributed by atoms with E-state index in [9.17, 15) is 4.79 Å². The molecule has 1 N–H and O–H groups in total. The molecule has 0 amide bonds. The lowest BCUT2D eigenvalue weighted by atomic mass is 9.91. The first-order valence-corrected chi connectivity index (χ1v) is 9.03. The summed E-state index contributed by atoms with van der Waals surface area (Å²) in [6.45, 7) is 2.98. The number of aromatic nitrogens is 2. The van der Waals surface area contributed by atoms with Crippen LogP contribution in [-0.2, 0) is 11.8 Å². The number of hydrogen-bond donors (Lipinski definition) is 1. The molecule has 1 aliphatic carbocycles. The molecule has 0 bridgehead atoms. The van der Waals surface area contributed by atoms with Crippen molar-refractivity contribution in [1.82, 2.24) is 14.7 Å². The van der Waals surface area contributed by atoms with Gasteiger partial charge in [0.05, 0.1) is 18.7 Å². The Kier molecular flexibility index (Phi) is 4.15. The number of aryl methyl sites for hydroxylation is 1. The Hall–Kier alpha value is -2.08. The number of carbonyl (C=O) groups is 1. The van der Waals surface area contributed by atoms with Crippen LogP contribution in [-0.4, -0.2) is 52.5 Å². The fourth-order valence-corrected chi connectivity index (χ4v) is 4.27. The predicted octanol–water partition coefficient (Wildman–Crippen LogP) is 2.48. The second-order valence-corrected chi connectivity index (χ2v) is 7.38. The number of ether oxygens (including phenoxy) is 1. The van der Waals surface area contributed by atoms with Crippen LogP contribution in [0.2, 0.25) is 0 Å². The van der Waals surface area contributed by atoms with E-state index >= 15 is 0 Å². The van der Waals surface area contributed by atoms with Crippen molar-refractivity contribution in [3.63, 3.8) is 0 Å². The van der Waals surface area contributed by atoms with E-state index < -0.39 is 5.97 Å². The Labute approximate surface area is 147 Å². The lowest BCUT2D eigenvalue weighted by molar-refractivity contribution is -0.138. The number of rotatable bonds is 5. The maximum atomic E-state index is 11.0. The number of benzene rings is 1. The average Bonchev–Trinajstić information content (AvgIpc) is 3.31. The molecule has 1 aromatic carbocycles. The summed E-state index contributed by atoms with van der Waals surface area (Å²) in [6.07, 6.45) is 3.00. The van der Waals surface area contributed by atoms with E-state index in [1.54, 1.807) is 7.11 Å². The van der Waals surface area contributed by atoms with E-state index in [2.05, 4.69) is 11.0 Å². The number of carboxylic acid groups (broad SMARTS) is 1. The highest BCUT2D eigenvalue weighted by molar-refractivity contribution is 5.87. The van der Waals surface area contributed by atoms with Crippen molar-refractivity contribution in [1.29, 1.82) is 0 Å². The molecule has 2 aromatic rings. The maximum Gasteiger partial charge on any atom is 0.306 e. The zero-order chi connectivity index (χ0) is 17.6.